The average molecular weight is 270 g/mol. The van der Waals surface area contributed by atoms with Crippen molar-refractivity contribution < 1.29 is 0 Å². The fraction of sp³-hybridized carbons (Fsp3) is 0.692. The first kappa shape index (κ1) is 14.8. The number of hydrogen-bond acceptors (Lipinski definition) is 4. The van der Waals surface area contributed by atoms with Crippen LogP contribution in [0.15, 0.2) is 16.2 Å². The van der Waals surface area contributed by atoms with Crippen LogP contribution in [0.5, 0.6) is 0 Å². The van der Waals surface area contributed by atoms with Gasteiger partial charge in [-0.3, -0.25) is 0 Å². The molecule has 0 radical (unpaired) electrons. The summed E-state index contributed by atoms with van der Waals surface area (Å²) in [4.78, 5) is 9.11. The lowest BCUT2D eigenvalue weighted by Crippen LogP contribution is -2.10. The van der Waals surface area contributed by atoms with Crippen LogP contribution in [0.2, 0.25) is 0 Å². The van der Waals surface area contributed by atoms with Crippen molar-refractivity contribution in [3.8, 4) is 0 Å². The molecular formula is C13H22N2S2. The lowest BCUT2D eigenvalue weighted by Gasteiger charge is -2.19. The van der Waals surface area contributed by atoms with E-state index in [-0.39, 0.29) is 9.49 Å². The van der Waals surface area contributed by atoms with Crippen LogP contribution in [0.3, 0.4) is 0 Å². The molecule has 2 nitrogen and oxygen atoms in total. The third-order valence-corrected chi connectivity index (χ3v) is 3.63. The number of nitrogens with zero attached hydrogens (tertiary/aromatic N) is 2. The predicted molar refractivity (Wildman–Crippen MR) is 78.0 cm³/mol. The molecule has 0 unspecified atom stereocenters. The lowest BCUT2D eigenvalue weighted by molar-refractivity contribution is 0.772. The van der Waals surface area contributed by atoms with Crippen molar-refractivity contribution in [3.63, 3.8) is 0 Å². The highest BCUT2D eigenvalue weighted by Gasteiger charge is 2.18. The molecular weight excluding hydrogens is 248 g/mol. The van der Waals surface area contributed by atoms with Crippen molar-refractivity contribution in [1.29, 1.82) is 0 Å². The summed E-state index contributed by atoms with van der Waals surface area (Å²) >= 11 is 3.51. The van der Waals surface area contributed by atoms with E-state index in [0.717, 1.165) is 15.9 Å². The van der Waals surface area contributed by atoms with Crippen LogP contribution >= 0.6 is 23.5 Å². The van der Waals surface area contributed by atoms with Crippen LogP contribution in [0.1, 0.15) is 47.2 Å². The van der Waals surface area contributed by atoms with Crippen LogP contribution in [-0.4, -0.2) is 19.5 Å². The van der Waals surface area contributed by atoms with Crippen LogP contribution in [0.25, 0.3) is 0 Å². The first-order chi connectivity index (χ1) is 7.55. The maximum absolute atomic E-state index is 4.62. The molecule has 0 amide bonds. The number of hydrogen-bond donors (Lipinski definition) is 0. The summed E-state index contributed by atoms with van der Waals surface area (Å²) in [6.07, 6.45) is 0. The van der Waals surface area contributed by atoms with Crippen molar-refractivity contribution in [3.05, 3.63) is 11.8 Å². The van der Waals surface area contributed by atoms with Gasteiger partial charge in [-0.1, -0.05) is 53.3 Å². The lowest BCUT2D eigenvalue weighted by atomic mass is 10.3. The normalized spacial score (nSPS) is 12.9. The predicted octanol–water partition coefficient (Wildman–Crippen LogP) is 4.57. The van der Waals surface area contributed by atoms with E-state index in [1.54, 1.807) is 23.5 Å². The Bertz CT molecular complexity index is 355. The van der Waals surface area contributed by atoms with E-state index in [4.69, 9.17) is 0 Å². The molecule has 0 atom stereocenters. The molecule has 0 aliphatic rings. The Morgan fingerprint density at radius 1 is 0.882 bits per heavy atom. The van der Waals surface area contributed by atoms with Gasteiger partial charge in [0.1, 0.15) is 5.03 Å². The smallest absolute Gasteiger partial charge is 0.189 e. The van der Waals surface area contributed by atoms with Gasteiger partial charge in [-0.2, -0.15) is 0 Å². The van der Waals surface area contributed by atoms with Gasteiger partial charge in [0, 0.05) is 15.2 Å². The zero-order valence-electron chi connectivity index (χ0n) is 11.8. The maximum atomic E-state index is 4.62. The van der Waals surface area contributed by atoms with Crippen LogP contribution in [-0.2, 0) is 0 Å². The molecule has 0 saturated heterocycles. The summed E-state index contributed by atoms with van der Waals surface area (Å²) in [6, 6.07) is 2.06. The minimum absolute atomic E-state index is 0.150. The maximum Gasteiger partial charge on any atom is 0.189 e. The molecule has 1 heterocycles. The van der Waals surface area contributed by atoms with Gasteiger partial charge in [-0.25, -0.2) is 9.97 Å². The highest BCUT2D eigenvalue weighted by molar-refractivity contribution is 8.01. The Labute approximate surface area is 113 Å². The van der Waals surface area contributed by atoms with E-state index >= 15 is 0 Å². The zero-order chi connectivity index (χ0) is 13.3. The first-order valence-corrected chi connectivity index (χ1v) is 7.42. The minimum Gasteiger partial charge on any atom is -0.228 e. The van der Waals surface area contributed by atoms with E-state index in [9.17, 15) is 0 Å². The summed E-state index contributed by atoms with van der Waals surface area (Å²) in [6.45, 7) is 15.2. The molecule has 0 aliphatic heterocycles. The van der Waals surface area contributed by atoms with Gasteiger partial charge in [0.2, 0.25) is 0 Å². The molecule has 17 heavy (non-hydrogen) atoms. The quantitative estimate of drug-likeness (QED) is 0.447. The van der Waals surface area contributed by atoms with Gasteiger partial charge in [0.25, 0.3) is 0 Å². The van der Waals surface area contributed by atoms with Crippen molar-refractivity contribution >= 4 is 23.5 Å². The Morgan fingerprint density at radius 2 is 1.41 bits per heavy atom. The molecule has 96 valence electrons. The zero-order valence-corrected chi connectivity index (χ0v) is 13.4. The number of aromatic nitrogens is 2. The monoisotopic (exact) mass is 270 g/mol. The summed E-state index contributed by atoms with van der Waals surface area (Å²) in [5, 5.41) is 1.95. The van der Waals surface area contributed by atoms with Crippen LogP contribution in [0.4, 0.5) is 0 Å². The molecule has 0 N–H and O–H groups in total. The van der Waals surface area contributed by atoms with Crippen LogP contribution in [0, 0.1) is 6.92 Å². The molecule has 0 spiro atoms. The molecule has 1 aromatic heterocycles. The van der Waals surface area contributed by atoms with Crippen molar-refractivity contribution in [2.75, 3.05) is 0 Å². The van der Waals surface area contributed by atoms with Crippen molar-refractivity contribution in [1.82, 2.24) is 9.97 Å². The van der Waals surface area contributed by atoms with E-state index in [1.165, 1.54) is 0 Å². The standard InChI is InChI=1S/C13H22N2S2/c1-9-8-10(16-12(2,3)4)15-11(14-9)17-13(5,6)7/h8H,1-7H3. The molecule has 0 aromatic carbocycles. The largest absolute Gasteiger partial charge is 0.228 e. The Hall–Kier alpha value is -0.220. The van der Waals surface area contributed by atoms with E-state index < -0.39 is 0 Å². The molecule has 1 aromatic rings. The number of thioether (sulfide) groups is 2. The molecule has 0 fully saturated rings. The number of aryl methyl sites for hydroxylation is 1. The molecule has 4 heteroatoms. The molecule has 0 saturated carbocycles. The highest BCUT2D eigenvalue weighted by Crippen LogP contribution is 2.34. The summed E-state index contributed by atoms with van der Waals surface area (Å²) in [5.74, 6) is 0. The third-order valence-electron chi connectivity index (χ3n) is 1.62. The topological polar surface area (TPSA) is 25.8 Å². The summed E-state index contributed by atoms with van der Waals surface area (Å²) in [5.41, 5.74) is 1.04. The first-order valence-electron chi connectivity index (χ1n) is 5.79. The third kappa shape index (κ3) is 6.32. The van der Waals surface area contributed by atoms with Gasteiger partial charge in [-0.15, -0.1) is 11.8 Å². The van der Waals surface area contributed by atoms with Gasteiger partial charge in [0.05, 0.1) is 0 Å². The Kier molecular flexibility index (Phi) is 4.53. The second-order valence-electron chi connectivity index (χ2n) is 6.06. The Morgan fingerprint density at radius 3 is 1.88 bits per heavy atom. The van der Waals surface area contributed by atoms with Gasteiger partial charge < -0.3 is 0 Å². The Balaban J connectivity index is 2.95. The van der Waals surface area contributed by atoms with Crippen LogP contribution < -0.4 is 0 Å². The van der Waals surface area contributed by atoms with Crippen molar-refractivity contribution in [2.24, 2.45) is 0 Å². The van der Waals surface area contributed by atoms with E-state index in [0.29, 0.717) is 0 Å². The average Bonchev–Trinajstić information content (AvgIpc) is 1.93. The summed E-state index contributed by atoms with van der Waals surface area (Å²) < 4.78 is 0.335. The van der Waals surface area contributed by atoms with Crippen molar-refractivity contribution in [2.45, 2.75) is 68.1 Å². The molecule has 0 bridgehead atoms. The van der Waals surface area contributed by atoms with E-state index in [1.807, 2.05) is 6.92 Å². The molecule has 1 rings (SSSR count). The van der Waals surface area contributed by atoms with Gasteiger partial charge >= 0.3 is 0 Å². The second kappa shape index (κ2) is 5.19. The number of rotatable bonds is 2. The van der Waals surface area contributed by atoms with Gasteiger partial charge in [0.15, 0.2) is 5.16 Å². The minimum atomic E-state index is 0.150. The van der Waals surface area contributed by atoms with Gasteiger partial charge in [-0.05, 0) is 13.0 Å². The van der Waals surface area contributed by atoms with E-state index in [2.05, 4.69) is 57.6 Å². The SMILES string of the molecule is Cc1cc(SC(C)(C)C)nc(SC(C)(C)C)n1. The highest BCUT2D eigenvalue weighted by atomic mass is 32.2. The fourth-order valence-electron chi connectivity index (χ4n) is 1.20. The second-order valence-corrected chi connectivity index (χ2v) is 9.70. The summed E-state index contributed by atoms with van der Waals surface area (Å²) in [7, 11) is 0. The fourth-order valence-corrected chi connectivity index (χ4v) is 3.13. The molecule has 0 aliphatic carbocycles.